The molecular weight excluding hydrogens is 206 g/mol. The van der Waals surface area contributed by atoms with Gasteiger partial charge in [0.05, 0.1) is 5.71 Å². The van der Waals surface area contributed by atoms with Gasteiger partial charge < -0.3 is 0 Å². The van der Waals surface area contributed by atoms with Crippen LogP contribution in [-0.2, 0) is 0 Å². The lowest BCUT2D eigenvalue weighted by atomic mass is 10.0. The molecule has 1 aliphatic heterocycles. The Morgan fingerprint density at radius 1 is 1.35 bits per heavy atom. The van der Waals surface area contributed by atoms with Crippen LogP contribution in [0.5, 0.6) is 0 Å². The first-order valence-electron chi connectivity index (χ1n) is 6.86. The van der Waals surface area contributed by atoms with Crippen LogP contribution in [0, 0.1) is 0 Å². The van der Waals surface area contributed by atoms with Crippen LogP contribution >= 0.6 is 0 Å². The number of nitrogens with zero attached hydrogens (tertiary/aromatic N) is 1. The van der Waals surface area contributed by atoms with Crippen molar-refractivity contribution in [2.45, 2.75) is 53.9 Å². The number of dihydropyridines is 1. The van der Waals surface area contributed by atoms with Crippen molar-refractivity contribution in [2.75, 3.05) is 6.54 Å². The Labute approximate surface area is 107 Å². The van der Waals surface area contributed by atoms with Crippen molar-refractivity contribution in [1.82, 2.24) is 0 Å². The molecule has 0 bridgehead atoms. The van der Waals surface area contributed by atoms with Crippen LogP contribution in [0.25, 0.3) is 0 Å². The smallest absolute Gasteiger partial charge is 0.0600 e. The van der Waals surface area contributed by atoms with Crippen LogP contribution in [0.4, 0.5) is 0 Å². The summed E-state index contributed by atoms with van der Waals surface area (Å²) < 4.78 is 0. The largest absolute Gasteiger partial charge is 0.285 e. The minimum absolute atomic E-state index is 0.940. The van der Waals surface area contributed by atoms with Gasteiger partial charge in [-0.05, 0) is 37.8 Å². The summed E-state index contributed by atoms with van der Waals surface area (Å²) in [6.07, 6.45) is 12.2. The quantitative estimate of drug-likeness (QED) is 0.599. The first-order valence-corrected chi connectivity index (χ1v) is 6.86. The molecule has 0 amide bonds. The first kappa shape index (κ1) is 15.9. The molecule has 0 aromatic heterocycles. The van der Waals surface area contributed by atoms with Crippen molar-refractivity contribution in [3.63, 3.8) is 0 Å². The predicted molar refractivity (Wildman–Crippen MR) is 79.8 cm³/mol. The number of aliphatic imine (C=N–C) groups is 1. The van der Waals surface area contributed by atoms with E-state index in [2.05, 4.69) is 50.1 Å². The highest BCUT2D eigenvalue weighted by molar-refractivity contribution is 6.08. The van der Waals surface area contributed by atoms with E-state index in [0.29, 0.717) is 0 Å². The number of hydrogen-bond acceptors (Lipinski definition) is 1. The van der Waals surface area contributed by atoms with E-state index in [4.69, 9.17) is 0 Å². The molecule has 0 aromatic rings. The van der Waals surface area contributed by atoms with Crippen LogP contribution in [0.1, 0.15) is 53.9 Å². The number of hydrogen-bond donors (Lipinski definition) is 0. The highest BCUT2D eigenvalue weighted by Gasteiger charge is 2.01. The molecular formula is C16H27N. The second-order valence-corrected chi connectivity index (χ2v) is 3.83. The Morgan fingerprint density at radius 3 is 2.53 bits per heavy atom. The topological polar surface area (TPSA) is 12.4 Å². The van der Waals surface area contributed by atoms with Crippen molar-refractivity contribution >= 4 is 5.71 Å². The van der Waals surface area contributed by atoms with Gasteiger partial charge in [0.2, 0.25) is 0 Å². The molecule has 0 fully saturated rings. The normalized spacial score (nSPS) is 16.2. The van der Waals surface area contributed by atoms with Gasteiger partial charge in [-0.1, -0.05) is 51.5 Å². The Hall–Kier alpha value is -1.11. The molecule has 0 N–H and O–H groups in total. The molecule has 0 aromatic carbocycles. The molecule has 0 atom stereocenters. The van der Waals surface area contributed by atoms with Gasteiger partial charge in [0.1, 0.15) is 0 Å². The van der Waals surface area contributed by atoms with Crippen molar-refractivity contribution in [1.29, 1.82) is 0 Å². The third-order valence-corrected chi connectivity index (χ3v) is 2.53. The third-order valence-electron chi connectivity index (χ3n) is 2.53. The molecule has 0 unspecified atom stereocenters. The summed E-state index contributed by atoms with van der Waals surface area (Å²) in [5.74, 6) is 0. The maximum atomic E-state index is 4.51. The summed E-state index contributed by atoms with van der Waals surface area (Å²) in [6.45, 7) is 11.5. The minimum atomic E-state index is 0.940. The van der Waals surface area contributed by atoms with E-state index < -0.39 is 0 Å². The van der Waals surface area contributed by atoms with E-state index in [0.717, 1.165) is 31.5 Å². The van der Waals surface area contributed by atoms with Gasteiger partial charge in [-0.3, -0.25) is 4.99 Å². The first-order chi connectivity index (χ1) is 8.27. The average molecular weight is 233 g/mol. The van der Waals surface area contributed by atoms with E-state index in [1.807, 2.05) is 13.8 Å². The van der Waals surface area contributed by atoms with E-state index in [1.165, 1.54) is 11.1 Å². The van der Waals surface area contributed by atoms with Gasteiger partial charge in [0, 0.05) is 6.54 Å². The summed E-state index contributed by atoms with van der Waals surface area (Å²) in [7, 11) is 0. The van der Waals surface area contributed by atoms with Crippen LogP contribution in [0.2, 0.25) is 0 Å². The van der Waals surface area contributed by atoms with Crippen LogP contribution in [0.3, 0.4) is 0 Å². The standard InChI is InChI=1S/C14H21N.C2H6/c1-4-8-13(5-2)11-12(3)14-9-6-7-10-15-14;1-2/h6,8-9,11H,4-5,7,10H2,1-3H3;1-2H3/b12-11+,13-8-;. The zero-order chi connectivity index (χ0) is 13.1. The molecule has 1 heterocycles. The van der Waals surface area contributed by atoms with E-state index in [-0.39, 0.29) is 0 Å². The van der Waals surface area contributed by atoms with Crippen LogP contribution in [0.15, 0.2) is 40.4 Å². The fourth-order valence-electron chi connectivity index (χ4n) is 1.68. The summed E-state index contributed by atoms with van der Waals surface area (Å²) >= 11 is 0. The maximum Gasteiger partial charge on any atom is 0.0600 e. The average Bonchev–Trinajstić information content (AvgIpc) is 2.41. The lowest BCUT2D eigenvalue weighted by Gasteiger charge is -2.07. The molecule has 17 heavy (non-hydrogen) atoms. The van der Waals surface area contributed by atoms with Crippen molar-refractivity contribution in [3.05, 3.63) is 35.5 Å². The number of allylic oxidation sites excluding steroid dienone is 5. The van der Waals surface area contributed by atoms with Gasteiger partial charge in [-0.15, -0.1) is 0 Å². The molecule has 1 aliphatic rings. The summed E-state index contributed by atoms with van der Waals surface area (Å²) in [6, 6.07) is 0. The minimum Gasteiger partial charge on any atom is -0.285 e. The predicted octanol–water partition coefficient (Wildman–Crippen LogP) is 5.11. The van der Waals surface area contributed by atoms with Gasteiger partial charge >= 0.3 is 0 Å². The molecule has 0 radical (unpaired) electrons. The van der Waals surface area contributed by atoms with Gasteiger partial charge in [0.25, 0.3) is 0 Å². The molecule has 96 valence electrons. The summed E-state index contributed by atoms with van der Waals surface area (Å²) in [4.78, 5) is 4.51. The van der Waals surface area contributed by atoms with Crippen molar-refractivity contribution in [2.24, 2.45) is 4.99 Å². The molecule has 0 aliphatic carbocycles. The molecule has 0 spiro atoms. The summed E-state index contributed by atoms with van der Waals surface area (Å²) in [5.41, 5.74) is 3.85. The van der Waals surface area contributed by atoms with Gasteiger partial charge in [-0.25, -0.2) is 0 Å². The monoisotopic (exact) mass is 233 g/mol. The van der Waals surface area contributed by atoms with E-state index in [1.54, 1.807) is 0 Å². The fraction of sp³-hybridized carbons (Fsp3) is 0.562. The lowest BCUT2D eigenvalue weighted by Crippen LogP contribution is -2.02. The highest BCUT2D eigenvalue weighted by atomic mass is 14.7. The Morgan fingerprint density at radius 2 is 2.06 bits per heavy atom. The molecule has 1 nitrogen and oxygen atoms in total. The van der Waals surface area contributed by atoms with Crippen molar-refractivity contribution < 1.29 is 0 Å². The SMILES string of the molecule is CC.CC/C=C(\C=C(/C)C1=NCCC=C1)CC. The lowest BCUT2D eigenvalue weighted by molar-refractivity contribution is 0.992. The molecule has 1 heteroatoms. The zero-order valence-electron chi connectivity index (χ0n) is 12.1. The number of rotatable bonds is 4. The Balaban J connectivity index is 0.00000121. The maximum absolute atomic E-state index is 4.51. The molecule has 1 rings (SSSR count). The van der Waals surface area contributed by atoms with Crippen LogP contribution < -0.4 is 0 Å². The third kappa shape index (κ3) is 6.25. The second kappa shape index (κ2) is 10.1. The highest BCUT2D eigenvalue weighted by Crippen LogP contribution is 2.11. The van der Waals surface area contributed by atoms with Gasteiger partial charge in [0.15, 0.2) is 0 Å². The Bertz CT molecular complexity index is 316. The summed E-state index contributed by atoms with van der Waals surface area (Å²) in [5, 5.41) is 0. The van der Waals surface area contributed by atoms with Crippen LogP contribution in [-0.4, -0.2) is 12.3 Å². The van der Waals surface area contributed by atoms with Gasteiger partial charge in [-0.2, -0.15) is 0 Å². The Kier molecular flexibility index (Phi) is 9.41. The van der Waals surface area contributed by atoms with Crippen molar-refractivity contribution in [3.8, 4) is 0 Å². The molecule has 0 saturated carbocycles. The fourth-order valence-corrected chi connectivity index (χ4v) is 1.68. The van der Waals surface area contributed by atoms with E-state index >= 15 is 0 Å². The van der Waals surface area contributed by atoms with E-state index in [9.17, 15) is 0 Å². The molecule has 0 saturated heterocycles. The second-order valence-electron chi connectivity index (χ2n) is 3.83. The zero-order valence-corrected chi connectivity index (χ0v) is 12.1.